The highest BCUT2D eigenvalue weighted by Gasteiger charge is 2.34. The molecule has 1 fully saturated rings. The third kappa shape index (κ3) is 7.78. The van der Waals surface area contributed by atoms with Crippen molar-refractivity contribution in [1.82, 2.24) is 10.2 Å². The van der Waals surface area contributed by atoms with E-state index in [-0.39, 0.29) is 23.4 Å². The molecular formula is C31H34Cl3N3O4S. The summed E-state index contributed by atoms with van der Waals surface area (Å²) in [5, 5.41) is 4.14. The first-order valence-electron chi connectivity index (χ1n) is 13.8. The summed E-state index contributed by atoms with van der Waals surface area (Å²) in [6.07, 6.45) is 4.96. The first-order chi connectivity index (χ1) is 20.0. The van der Waals surface area contributed by atoms with Gasteiger partial charge in [-0.15, -0.1) is 0 Å². The van der Waals surface area contributed by atoms with Gasteiger partial charge in [-0.25, -0.2) is 8.42 Å². The summed E-state index contributed by atoms with van der Waals surface area (Å²) in [4.78, 5) is 28.9. The van der Waals surface area contributed by atoms with Gasteiger partial charge in [0.25, 0.3) is 10.0 Å². The van der Waals surface area contributed by atoms with Crippen LogP contribution in [0.15, 0.2) is 71.6 Å². The van der Waals surface area contributed by atoms with Crippen LogP contribution in [0.4, 0.5) is 5.69 Å². The predicted octanol–water partition coefficient (Wildman–Crippen LogP) is 7.02. The maximum atomic E-state index is 14.1. The molecule has 1 saturated carbocycles. The first-order valence-corrected chi connectivity index (χ1v) is 16.4. The number of nitrogens with one attached hydrogen (secondary N) is 1. The molecule has 0 bridgehead atoms. The third-order valence-corrected chi connectivity index (χ3v) is 10.2. The van der Waals surface area contributed by atoms with Crippen LogP contribution in [0.1, 0.15) is 50.2 Å². The Labute approximate surface area is 262 Å². The minimum atomic E-state index is -4.20. The number of carbonyl (C=O) groups is 2. The number of hydrogen-bond acceptors (Lipinski definition) is 4. The Balaban J connectivity index is 1.71. The van der Waals surface area contributed by atoms with Crippen molar-refractivity contribution in [1.29, 1.82) is 0 Å². The Morgan fingerprint density at radius 2 is 1.55 bits per heavy atom. The largest absolute Gasteiger partial charge is 0.352 e. The van der Waals surface area contributed by atoms with Crippen LogP contribution in [-0.4, -0.2) is 43.8 Å². The molecule has 0 radical (unpaired) electrons. The standard InChI is InChI=1S/C31H34Cl3N3O4S/c1-21-8-6-11-25(18-21)37(42(40,41)26-16-14-23(32)15-17-26)20-30(38)36(19-27-28(33)12-7-13-29(27)34)22(2)31(39)35-24-9-4-3-5-10-24/h6-8,11-18,22,24H,3-5,9-10,19-20H2,1-2H3,(H,35,39)/t22-/m1/s1. The summed E-state index contributed by atoms with van der Waals surface area (Å²) in [6.45, 7) is 2.82. The molecule has 1 N–H and O–H groups in total. The van der Waals surface area contributed by atoms with Crippen LogP contribution >= 0.6 is 34.8 Å². The zero-order valence-electron chi connectivity index (χ0n) is 23.5. The minimum absolute atomic E-state index is 0.0232. The zero-order valence-corrected chi connectivity index (χ0v) is 26.6. The van der Waals surface area contributed by atoms with Gasteiger partial charge >= 0.3 is 0 Å². The summed E-state index contributed by atoms with van der Waals surface area (Å²) < 4.78 is 28.9. The quantitative estimate of drug-likeness (QED) is 0.256. The third-order valence-electron chi connectivity index (χ3n) is 7.48. The lowest BCUT2D eigenvalue weighted by atomic mass is 9.95. The molecule has 7 nitrogen and oxygen atoms in total. The van der Waals surface area contributed by atoms with Crippen molar-refractivity contribution in [2.24, 2.45) is 0 Å². The van der Waals surface area contributed by atoms with E-state index in [9.17, 15) is 18.0 Å². The highest BCUT2D eigenvalue weighted by atomic mass is 35.5. The van der Waals surface area contributed by atoms with Gasteiger partial charge in [0.15, 0.2) is 0 Å². The topological polar surface area (TPSA) is 86.8 Å². The number of rotatable bonds is 10. The van der Waals surface area contributed by atoms with Crippen LogP contribution in [0.2, 0.25) is 15.1 Å². The van der Waals surface area contributed by atoms with Crippen molar-refractivity contribution in [3.63, 3.8) is 0 Å². The fourth-order valence-corrected chi connectivity index (χ4v) is 7.10. The van der Waals surface area contributed by atoms with Crippen LogP contribution in [0.5, 0.6) is 0 Å². The molecule has 0 unspecified atom stereocenters. The van der Waals surface area contributed by atoms with E-state index in [0.29, 0.717) is 26.3 Å². The van der Waals surface area contributed by atoms with Crippen molar-refractivity contribution >= 4 is 62.3 Å². The SMILES string of the molecule is Cc1cccc(N(CC(=O)N(Cc2c(Cl)cccc2Cl)[C@H](C)C(=O)NC2CCCCC2)S(=O)(=O)c2ccc(Cl)cc2)c1. The average molecular weight is 651 g/mol. The van der Waals surface area contributed by atoms with Crippen LogP contribution in [0.25, 0.3) is 0 Å². The number of nitrogens with zero attached hydrogens (tertiary/aromatic N) is 2. The van der Waals surface area contributed by atoms with Crippen molar-refractivity contribution in [2.75, 3.05) is 10.8 Å². The number of halogens is 3. The van der Waals surface area contributed by atoms with E-state index in [1.54, 1.807) is 43.3 Å². The van der Waals surface area contributed by atoms with E-state index < -0.39 is 28.5 Å². The summed E-state index contributed by atoms with van der Waals surface area (Å²) in [5.74, 6) is -0.905. The molecule has 224 valence electrons. The molecule has 1 aliphatic carbocycles. The fourth-order valence-electron chi connectivity index (χ4n) is 5.05. The molecule has 0 saturated heterocycles. The smallest absolute Gasteiger partial charge is 0.264 e. The Hall–Kier alpha value is -2.78. The van der Waals surface area contributed by atoms with Gasteiger partial charge in [-0.1, -0.05) is 72.3 Å². The Morgan fingerprint density at radius 1 is 0.929 bits per heavy atom. The molecule has 3 aromatic carbocycles. The van der Waals surface area contributed by atoms with Gasteiger partial charge in [0.1, 0.15) is 12.6 Å². The van der Waals surface area contributed by atoms with Crippen molar-refractivity contribution in [2.45, 2.75) is 69.5 Å². The molecule has 0 heterocycles. The monoisotopic (exact) mass is 649 g/mol. The van der Waals surface area contributed by atoms with Crippen LogP contribution in [0, 0.1) is 6.92 Å². The van der Waals surface area contributed by atoms with Crippen molar-refractivity contribution in [3.05, 3.63) is 92.9 Å². The lowest BCUT2D eigenvalue weighted by Gasteiger charge is -2.33. The first kappa shape index (κ1) is 32.1. The highest BCUT2D eigenvalue weighted by Crippen LogP contribution is 2.29. The van der Waals surface area contributed by atoms with Gasteiger partial charge in [-0.2, -0.15) is 0 Å². The lowest BCUT2D eigenvalue weighted by molar-refractivity contribution is -0.139. The van der Waals surface area contributed by atoms with E-state index in [0.717, 1.165) is 42.0 Å². The van der Waals surface area contributed by atoms with E-state index in [2.05, 4.69) is 5.32 Å². The highest BCUT2D eigenvalue weighted by molar-refractivity contribution is 7.92. The van der Waals surface area contributed by atoms with Crippen LogP contribution in [-0.2, 0) is 26.2 Å². The Bertz CT molecular complexity index is 1510. The molecular weight excluding hydrogens is 617 g/mol. The van der Waals surface area contributed by atoms with E-state index in [4.69, 9.17) is 34.8 Å². The molecule has 1 aliphatic rings. The molecule has 0 spiro atoms. The Morgan fingerprint density at radius 3 is 2.17 bits per heavy atom. The fraction of sp³-hybridized carbons (Fsp3) is 0.355. The van der Waals surface area contributed by atoms with Crippen LogP contribution < -0.4 is 9.62 Å². The van der Waals surface area contributed by atoms with Gasteiger partial charge in [0.2, 0.25) is 11.8 Å². The van der Waals surface area contributed by atoms with Gasteiger partial charge in [-0.3, -0.25) is 13.9 Å². The molecule has 0 aliphatic heterocycles. The van der Waals surface area contributed by atoms with Crippen molar-refractivity contribution in [3.8, 4) is 0 Å². The number of hydrogen-bond donors (Lipinski definition) is 1. The number of sulfonamides is 1. The van der Waals surface area contributed by atoms with Crippen LogP contribution in [0.3, 0.4) is 0 Å². The number of amides is 2. The summed E-state index contributed by atoms with van der Waals surface area (Å²) >= 11 is 18.9. The normalized spacial score (nSPS) is 14.7. The zero-order chi connectivity index (χ0) is 30.4. The maximum absolute atomic E-state index is 14.1. The molecule has 0 aromatic heterocycles. The number of benzene rings is 3. The Kier molecular flexibility index (Phi) is 10.8. The van der Waals surface area contributed by atoms with Gasteiger partial charge < -0.3 is 10.2 Å². The number of aryl methyl sites for hydroxylation is 1. The number of anilines is 1. The summed E-state index contributed by atoms with van der Waals surface area (Å²) in [5.41, 5.74) is 1.60. The second kappa shape index (κ2) is 14.1. The second-order valence-electron chi connectivity index (χ2n) is 10.5. The predicted molar refractivity (Wildman–Crippen MR) is 169 cm³/mol. The van der Waals surface area contributed by atoms with E-state index >= 15 is 0 Å². The average Bonchev–Trinajstić information content (AvgIpc) is 2.96. The summed E-state index contributed by atoms with van der Waals surface area (Å²) in [6, 6.07) is 16.7. The maximum Gasteiger partial charge on any atom is 0.264 e. The van der Waals surface area contributed by atoms with E-state index in [1.807, 2.05) is 13.0 Å². The number of carbonyl (C=O) groups excluding carboxylic acids is 2. The van der Waals surface area contributed by atoms with Gasteiger partial charge in [-0.05, 0) is 80.8 Å². The lowest BCUT2D eigenvalue weighted by Crippen LogP contribution is -2.53. The molecule has 11 heteroatoms. The van der Waals surface area contributed by atoms with E-state index in [1.165, 1.54) is 29.2 Å². The molecule has 4 rings (SSSR count). The van der Waals surface area contributed by atoms with Crippen molar-refractivity contribution < 1.29 is 18.0 Å². The molecule has 42 heavy (non-hydrogen) atoms. The molecule has 3 aromatic rings. The van der Waals surface area contributed by atoms with Gasteiger partial charge in [0, 0.05) is 33.2 Å². The van der Waals surface area contributed by atoms with Gasteiger partial charge in [0.05, 0.1) is 10.6 Å². The molecule has 1 atom stereocenters. The second-order valence-corrected chi connectivity index (χ2v) is 13.7. The summed E-state index contributed by atoms with van der Waals surface area (Å²) in [7, 11) is -4.20. The minimum Gasteiger partial charge on any atom is -0.352 e. The molecule has 2 amide bonds.